The molecular formula is C20H19N3O5S. The van der Waals surface area contributed by atoms with Crippen LogP contribution < -0.4 is 10.9 Å². The molecule has 3 N–H and O–H groups in total. The van der Waals surface area contributed by atoms with Gasteiger partial charge in [-0.3, -0.25) is 4.79 Å². The highest BCUT2D eigenvalue weighted by molar-refractivity contribution is 7.90. The summed E-state index contributed by atoms with van der Waals surface area (Å²) in [5.74, 6) is -0.581. The van der Waals surface area contributed by atoms with E-state index in [1.165, 1.54) is 10.6 Å². The molecule has 0 radical (unpaired) electrons. The first-order chi connectivity index (χ1) is 13.8. The zero-order valence-corrected chi connectivity index (χ0v) is 16.3. The van der Waals surface area contributed by atoms with Gasteiger partial charge in [0.25, 0.3) is 15.6 Å². The van der Waals surface area contributed by atoms with Crippen molar-refractivity contribution < 1.29 is 18.6 Å². The number of aryl methyl sites for hydroxylation is 1. The van der Waals surface area contributed by atoms with E-state index in [1.54, 1.807) is 49.4 Å². The fraction of sp³-hybridized carbons (Fsp3) is 0.200. The molecule has 1 aliphatic heterocycles. The van der Waals surface area contributed by atoms with Crippen molar-refractivity contribution in [2.75, 3.05) is 5.32 Å². The second-order valence-electron chi connectivity index (χ2n) is 6.87. The maximum Gasteiger partial charge on any atom is 0.286 e. The summed E-state index contributed by atoms with van der Waals surface area (Å²) in [6.07, 6.45) is -0.315. The third kappa shape index (κ3) is 3.28. The van der Waals surface area contributed by atoms with Crippen molar-refractivity contribution in [3.8, 4) is 5.75 Å². The summed E-state index contributed by atoms with van der Waals surface area (Å²) in [5, 5.41) is 23.7. The smallest absolute Gasteiger partial charge is 0.286 e. The normalized spacial score (nSPS) is 16.0. The zero-order valence-electron chi connectivity index (χ0n) is 15.5. The minimum Gasteiger partial charge on any atom is -0.506 e. The zero-order chi connectivity index (χ0) is 20.8. The molecule has 0 spiro atoms. The highest BCUT2D eigenvalue weighted by Gasteiger charge is 2.29. The molecule has 2 heterocycles. The third-order valence-corrected chi connectivity index (χ3v) is 6.12. The van der Waals surface area contributed by atoms with Crippen molar-refractivity contribution in [3.63, 3.8) is 0 Å². The van der Waals surface area contributed by atoms with Crippen LogP contribution in [0.1, 0.15) is 18.9 Å². The molecule has 9 heteroatoms. The van der Waals surface area contributed by atoms with Gasteiger partial charge in [0.15, 0.2) is 5.84 Å². The molecule has 0 amide bonds. The van der Waals surface area contributed by atoms with Crippen LogP contribution in [0.4, 0.5) is 5.69 Å². The Morgan fingerprint density at radius 2 is 1.83 bits per heavy atom. The highest BCUT2D eigenvalue weighted by atomic mass is 32.2. The summed E-state index contributed by atoms with van der Waals surface area (Å²) < 4.78 is 30.3. The molecule has 0 aliphatic carbocycles. The van der Waals surface area contributed by atoms with Crippen molar-refractivity contribution in [3.05, 3.63) is 64.4 Å². The predicted octanol–water partition coefficient (Wildman–Crippen LogP) is 2.04. The van der Waals surface area contributed by atoms with Crippen LogP contribution in [0, 0.1) is 0 Å². The SMILES string of the molecule is CC(O)CCn1c(=O)c(C2=NS(=O)(=O)c3ccccc3N2)c(O)c2ccccc21. The summed E-state index contributed by atoms with van der Waals surface area (Å²) >= 11 is 0. The molecule has 4 rings (SSSR count). The number of aromatic hydroxyl groups is 1. The maximum absolute atomic E-state index is 13.2. The average Bonchev–Trinajstić information content (AvgIpc) is 2.67. The lowest BCUT2D eigenvalue weighted by molar-refractivity contribution is 0.178. The van der Waals surface area contributed by atoms with Crippen LogP contribution in [0.5, 0.6) is 5.75 Å². The second-order valence-corrected chi connectivity index (χ2v) is 8.44. The molecular weight excluding hydrogens is 394 g/mol. The van der Waals surface area contributed by atoms with Crippen molar-refractivity contribution in [1.29, 1.82) is 0 Å². The number of aliphatic hydroxyl groups excluding tert-OH is 1. The average molecular weight is 413 g/mol. The minimum atomic E-state index is -4.04. The largest absolute Gasteiger partial charge is 0.506 e. The van der Waals surface area contributed by atoms with Gasteiger partial charge in [0.2, 0.25) is 0 Å². The number of hydrogen-bond acceptors (Lipinski definition) is 6. The summed E-state index contributed by atoms with van der Waals surface area (Å²) in [7, 11) is -4.04. The molecule has 1 unspecified atom stereocenters. The van der Waals surface area contributed by atoms with E-state index in [9.17, 15) is 23.4 Å². The lowest BCUT2D eigenvalue weighted by Gasteiger charge is -2.20. The number of aliphatic hydroxyl groups is 1. The van der Waals surface area contributed by atoms with Gasteiger partial charge in [0, 0.05) is 11.9 Å². The molecule has 1 aromatic heterocycles. The van der Waals surface area contributed by atoms with E-state index in [4.69, 9.17) is 0 Å². The summed E-state index contributed by atoms with van der Waals surface area (Å²) in [5.41, 5.74) is -0.0610. The second kappa shape index (κ2) is 7.02. The number of amidine groups is 1. The molecule has 0 fully saturated rings. The van der Waals surface area contributed by atoms with Gasteiger partial charge in [-0.25, -0.2) is 0 Å². The number of fused-ring (bicyclic) bond motifs is 2. The van der Waals surface area contributed by atoms with Crippen LogP contribution >= 0.6 is 0 Å². The van der Waals surface area contributed by atoms with E-state index >= 15 is 0 Å². The van der Waals surface area contributed by atoms with Gasteiger partial charge in [0.1, 0.15) is 16.2 Å². The van der Waals surface area contributed by atoms with Crippen LogP contribution in [-0.2, 0) is 16.6 Å². The molecule has 0 bridgehead atoms. The highest BCUT2D eigenvalue weighted by Crippen LogP contribution is 2.32. The minimum absolute atomic E-state index is 0.00143. The number of para-hydroxylation sites is 2. The molecule has 2 aromatic carbocycles. The third-order valence-electron chi connectivity index (χ3n) is 4.78. The fourth-order valence-corrected chi connectivity index (χ4v) is 4.49. The first kappa shape index (κ1) is 19.2. The van der Waals surface area contributed by atoms with E-state index in [0.29, 0.717) is 17.3 Å². The predicted molar refractivity (Wildman–Crippen MR) is 110 cm³/mol. The Morgan fingerprint density at radius 3 is 2.59 bits per heavy atom. The standard InChI is InChI=1S/C20H19N3O5S/c1-12(24)10-11-23-15-8-4-2-6-13(15)18(25)17(20(23)26)19-21-14-7-3-5-9-16(14)29(27,28)22-19/h2-9,12,24-25H,10-11H2,1H3,(H,21,22). The summed E-state index contributed by atoms with van der Waals surface area (Å²) in [4.78, 5) is 13.2. The number of nitrogens with zero attached hydrogens (tertiary/aromatic N) is 2. The molecule has 29 heavy (non-hydrogen) atoms. The molecule has 0 saturated carbocycles. The van der Waals surface area contributed by atoms with E-state index < -0.39 is 21.7 Å². The van der Waals surface area contributed by atoms with Crippen molar-refractivity contribution in [1.82, 2.24) is 4.57 Å². The number of sulfonamides is 1. The Morgan fingerprint density at radius 1 is 1.14 bits per heavy atom. The van der Waals surface area contributed by atoms with Crippen LogP contribution in [0.3, 0.4) is 0 Å². The van der Waals surface area contributed by atoms with Crippen LogP contribution in [0.2, 0.25) is 0 Å². The molecule has 1 aliphatic rings. The van der Waals surface area contributed by atoms with Crippen LogP contribution in [0.15, 0.2) is 62.6 Å². The van der Waals surface area contributed by atoms with Gasteiger partial charge in [-0.15, -0.1) is 4.40 Å². The Balaban J connectivity index is 1.98. The van der Waals surface area contributed by atoms with Crippen molar-refractivity contribution in [2.24, 2.45) is 4.40 Å². The van der Waals surface area contributed by atoms with E-state index in [2.05, 4.69) is 9.71 Å². The van der Waals surface area contributed by atoms with Gasteiger partial charge >= 0.3 is 0 Å². The lowest BCUT2D eigenvalue weighted by Crippen LogP contribution is -2.33. The van der Waals surface area contributed by atoms with Crippen molar-refractivity contribution >= 4 is 32.4 Å². The monoisotopic (exact) mass is 413 g/mol. The Bertz CT molecular complexity index is 1310. The van der Waals surface area contributed by atoms with Crippen LogP contribution in [0.25, 0.3) is 10.9 Å². The Hall–Kier alpha value is -3.17. The fourth-order valence-electron chi connectivity index (χ4n) is 3.36. The number of hydrogen-bond donors (Lipinski definition) is 3. The number of anilines is 1. The first-order valence-electron chi connectivity index (χ1n) is 9.03. The van der Waals surface area contributed by atoms with Crippen LogP contribution in [-0.4, -0.2) is 35.1 Å². The van der Waals surface area contributed by atoms with Gasteiger partial charge in [-0.05, 0) is 37.6 Å². The quantitative estimate of drug-likeness (QED) is 0.602. The topological polar surface area (TPSA) is 121 Å². The van der Waals surface area contributed by atoms with Gasteiger partial charge in [-0.1, -0.05) is 24.3 Å². The number of pyridine rings is 1. The molecule has 150 valence electrons. The van der Waals surface area contributed by atoms with E-state index in [-0.39, 0.29) is 34.3 Å². The van der Waals surface area contributed by atoms with Crippen molar-refractivity contribution in [2.45, 2.75) is 30.9 Å². The van der Waals surface area contributed by atoms with E-state index in [0.717, 1.165) is 0 Å². The Kier molecular flexibility index (Phi) is 4.64. The lowest BCUT2D eigenvalue weighted by atomic mass is 10.1. The van der Waals surface area contributed by atoms with Gasteiger partial charge in [0.05, 0.1) is 17.3 Å². The molecule has 8 nitrogen and oxygen atoms in total. The van der Waals surface area contributed by atoms with Gasteiger partial charge < -0.3 is 20.1 Å². The molecule has 1 atom stereocenters. The Labute approximate surface area is 166 Å². The number of nitrogens with one attached hydrogen (secondary N) is 1. The first-order valence-corrected chi connectivity index (χ1v) is 10.5. The summed E-state index contributed by atoms with van der Waals surface area (Å²) in [6.45, 7) is 1.81. The maximum atomic E-state index is 13.2. The van der Waals surface area contributed by atoms with Gasteiger partial charge in [-0.2, -0.15) is 8.42 Å². The number of benzene rings is 2. The molecule has 3 aromatic rings. The molecule has 0 saturated heterocycles. The summed E-state index contributed by atoms with van der Waals surface area (Å²) in [6, 6.07) is 13.0. The number of aromatic nitrogens is 1. The number of rotatable bonds is 4. The van der Waals surface area contributed by atoms with E-state index in [1.807, 2.05) is 0 Å².